The van der Waals surface area contributed by atoms with Crippen LogP contribution in [0, 0.1) is 0 Å². The molecule has 0 spiro atoms. The zero-order valence-electron chi connectivity index (χ0n) is 7.67. The van der Waals surface area contributed by atoms with Crippen molar-refractivity contribution in [1.82, 2.24) is 0 Å². The molecule has 0 aliphatic carbocycles. The summed E-state index contributed by atoms with van der Waals surface area (Å²) in [5.74, 6) is 0. The van der Waals surface area contributed by atoms with Crippen LogP contribution in [0.5, 0.6) is 0 Å². The summed E-state index contributed by atoms with van der Waals surface area (Å²) in [5.41, 5.74) is 0. The van der Waals surface area contributed by atoms with E-state index in [4.69, 9.17) is 28.3 Å². The van der Waals surface area contributed by atoms with Crippen molar-refractivity contribution in [1.29, 1.82) is 0 Å². The molecule has 0 heterocycles. The van der Waals surface area contributed by atoms with Crippen LogP contribution in [0.4, 0.5) is 0 Å². The molecule has 0 aliphatic rings. The summed E-state index contributed by atoms with van der Waals surface area (Å²) in [6.45, 7) is 0. The Morgan fingerprint density at radius 2 is 0.846 bits per heavy atom. The first kappa shape index (κ1) is 36.8. The molecular weight excluding hydrogens is 426 g/mol. The second-order valence-corrected chi connectivity index (χ2v) is 3.18. The van der Waals surface area contributed by atoms with Gasteiger partial charge >= 0.3 is 262 Å². The van der Waals surface area contributed by atoms with E-state index in [0.717, 1.165) is 0 Å². The summed E-state index contributed by atoms with van der Waals surface area (Å²) in [4.78, 5) is 0. The average Bonchev–Trinajstić information content (AvgIpc) is 1.19. The van der Waals surface area contributed by atoms with E-state index in [0.29, 0.717) is 0 Å². The maximum absolute atomic E-state index is 8.59. The fraction of sp³-hybridized carbons (Fsp3) is 0. The Balaban J connectivity index is -0.0000000146. The van der Waals surface area contributed by atoms with Gasteiger partial charge in [-0.05, 0) is 0 Å². The van der Waals surface area contributed by atoms with Crippen molar-refractivity contribution in [2.75, 3.05) is 0 Å². The molecule has 0 aromatic heterocycles. The van der Waals surface area contributed by atoms with E-state index in [-0.39, 0.29) is 206 Å². The van der Waals surface area contributed by atoms with Crippen LogP contribution in [-0.4, -0.2) is 27.9 Å². The summed E-state index contributed by atoms with van der Waals surface area (Å²) >= 11 is -9.54. The van der Waals surface area contributed by atoms with Gasteiger partial charge < -0.3 is 0 Å². The average molecular weight is 426 g/mol. The minimum atomic E-state index is -5.75. The van der Waals surface area contributed by atoms with Crippen molar-refractivity contribution in [3.8, 4) is 0 Å². The van der Waals surface area contributed by atoms with Crippen molar-refractivity contribution in [2.24, 2.45) is 0 Å². The molecule has 0 N–H and O–H groups in total. The van der Waals surface area contributed by atoms with Gasteiger partial charge in [-0.3, -0.25) is 0 Å². The molecule has 0 aliphatic heterocycles. The van der Waals surface area contributed by atoms with Crippen molar-refractivity contribution in [3.63, 3.8) is 0 Å². The van der Waals surface area contributed by atoms with Gasteiger partial charge in [-0.2, -0.15) is 0 Å². The quantitative estimate of drug-likeness (QED) is 0.350. The van der Waals surface area contributed by atoms with E-state index in [9.17, 15) is 0 Å². The topological polar surface area (TPSA) is 143 Å². The van der Waals surface area contributed by atoms with Crippen molar-refractivity contribution in [2.45, 2.75) is 0 Å². The largest absolute Gasteiger partial charge is 1.00 e. The number of hydrogen-bond acceptors (Lipinski definition) is 7. The van der Waals surface area contributed by atoms with Gasteiger partial charge in [0.2, 0.25) is 0 Å². The number of rotatable bonds is 0. The van der Waals surface area contributed by atoms with Crippen molar-refractivity contribution >= 4 is 27.9 Å². The van der Waals surface area contributed by atoms with Crippen LogP contribution in [0.25, 0.3) is 0 Å². The Morgan fingerprint density at radius 3 is 0.846 bits per heavy atom. The van der Waals surface area contributed by atoms with Gasteiger partial charge in [0.15, 0.2) is 0 Å². The van der Waals surface area contributed by atoms with Crippen LogP contribution in [0.2, 0.25) is 0 Å². The van der Waals surface area contributed by atoms with E-state index in [1.165, 1.54) is 0 Å². The summed E-state index contributed by atoms with van der Waals surface area (Å²) in [7, 11) is 0. The SMILES string of the molecule is O=[Se](=O)([O-])[O-].O=[Se]([O-])[O-].[K+].[K+].[K+].[K+]. The molecule has 7 nitrogen and oxygen atoms in total. The molecule has 0 aromatic rings. The minimum Gasteiger partial charge on any atom is 1.00 e. The van der Waals surface area contributed by atoms with Gasteiger partial charge in [-0.1, -0.05) is 0 Å². The molecule has 0 unspecified atom stereocenters. The summed E-state index contributed by atoms with van der Waals surface area (Å²) in [5, 5.41) is 0. The maximum atomic E-state index is 8.59. The normalized spacial score (nSPS) is 7.15. The summed E-state index contributed by atoms with van der Waals surface area (Å²) in [6.07, 6.45) is 0. The van der Waals surface area contributed by atoms with Crippen molar-refractivity contribution in [3.05, 3.63) is 0 Å². The molecule has 0 atom stereocenters. The maximum Gasteiger partial charge on any atom is 1.00 e. The van der Waals surface area contributed by atoms with E-state index >= 15 is 0 Å². The summed E-state index contributed by atoms with van der Waals surface area (Å²) < 4.78 is 60.0. The Morgan fingerprint density at radius 1 is 0.846 bits per heavy atom. The third-order valence-corrected chi connectivity index (χ3v) is 0. The Bertz CT molecular complexity index is 161. The van der Waals surface area contributed by atoms with Gasteiger partial charge in [0.05, 0.1) is 0 Å². The predicted octanol–water partition coefficient (Wildman–Crippen LogP) is -17.9. The Labute approximate surface area is 252 Å². The first-order valence-electron chi connectivity index (χ1n) is 1.17. The van der Waals surface area contributed by atoms with Crippen LogP contribution in [0.3, 0.4) is 0 Å². The third-order valence-electron chi connectivity index (χ3n) is 0. The molecule has 58 valence electrons. The monoisotopic (exact) mass is 428 g/mol. The van der Waals surface area contributed by atoms with Crippen LogP contribution in [0.15, 0.2) is 0 Å². The van der Waals surface area contributed by atoms with Gasteiger partial charge in [-0.25, -0.2) is 0 Å². The standard InChI is InChI=1S/4K.H2O4Se.H2O3Se/c;;;;1-5(2,3)4;1-4(2)3/h;;;;(H2,1,2,3,4);(H2,1,2,3)/q4*+1;;/p-4. The zero-order chi connectivity index (χ0) is 8.08. The van der Waals surface area contributed by atoms with Crippen LogP contribution in [-0.2, 0) is 11.5 Å². The first-order valence-corrected chi connectivity index (χ1v) is 6.06. The third kappa shape index (κ3) is 114. The van der Waals surface area contributed by atoms with Gasteiger partial charge in [0.1, 0.15) is 0 Å². The van der Waals surface area contributed by atoms with E-state index in [1.54, 1.807) is 0 Å². The van der Waals surface area contributed by atoms with Gasteiger partial charge in [0, 0.05) is 0 Å². The van der Waals surface area contributed by atoms with Crippen molar-refractivity contribution < 1.29 is 234 Å². The van der Waals surface area contributed by atoms with Crippen LogP contribution >= 0.6 is 0 Å². The smallest absolute Gasteiger partial charge is 1.00 e. The first-order chi connectivity index (χ1) is 3.73. The summed E-state index contributed by atoms with van der Waals surface area (Å²) in [6, 6.07) is 0. The second-order valence-electron chi connectivity index (χ2n) is 0.612. The molecule has 0 saturated carbocycles. The molecular formula is K4O7Se2. The van der Waals surface area contributed by atoms with E-state index in [1.807, 2.05) is 0 Å². The molecule has 13 heavy (non-hydrogen) atoms. The molecule has 0 rings (SSSR count). The van der Waals surface area contributed by atoms with Crippen LogP contribution < -0.4 is 222 Å². The Kier molecular flexibility index (Phi) is 67.5. The molecule has 0 amide bonds. The molecule has 0 fully saturated rings. The van der Waals surface area contributed by atoms with Gasteiger partial charge in [0.25, 0.3) is 0 Å². The molecule has 0 saturated heterocycles. The predicted molar refractivity (Wildman–Crippen MR) is 13.6 cm³/mol. The molecule has 0 aromatic carbocycles. The number of hydrogen-bond donors (Lipinski definition) is 0. The minimum absolute atomic E-state index is 0. The van der Waals surface area contributed by atoms with E-state index in [2.05, 4.69) is 0 Å². The van der Waals surface area contributed by atoms with Gasteiger partial charge in [-0.15, -0.1) is 0 Å². The Hall–Kier alpha value is 6.82. The zero-order valence-corrected chi connectivity index (χ0v) is 23.6. The molecule has 13 heteroatoms. The molecule has 0 radical (unpaired) electrons. The fourth-order valence-electron chi connectivity index (χ4n) is 0. The molecule has 0 bridgehead atoms. The van der Waals surface area contributed by atoms with E-state index < -0.39 is 27.9 Å². The fourth-order valence-corrected chi connectivity index (χ4v) is 0. The second kappa shape index (κ2) is 23.9. The van der Waals surface area contributed by atoms with Crippen LogP contribution in [0.1, 0.15) is 0 Å².